The van der Waals surface area contributed by atoms with E-state index in [1.54, 1.807) is 38.1 Å². The summed E-state index contributed by atoms with van der Waals surface area (Å²) in [4.78, 5) is 12.1. The molecule has 0 radical (unpaired) electrons. The normalized spacial score (nSPS) is 15.8. The van der Waals surface area contributed by atoms with Gasteiger partial charge in [0.05, 0.1) is 15.6 Å². The van der Waals surface area contributed by atoms with Crippen molar-refractivity contribution in [3.05, 3.63) is 58.4 Å². The number of benzene rings is 2. The van der Waals surface area contributed by atoms with E-state index in [9.17, 15) is 17.6 Å². The third-order valence-electron chi connectivity index (χ3n) is 5.14. The standard InChI is InChI=1S/C21H23ClFN3O3S/c1-13-5-3-4-6-17(13)21(27)25-20-18(22)11-16(12-19(20)23)30(28,29)26-14(2)15-7-9-24-10-8-15/h3-6,11-12,15,24H,7-10H2,1-2H3,(H,25,27)/b26-14-. The second kappa shape index (κ2) is 9.24. The lowest BCUT2D eigenvalue weighted by molar-refractivity contribution is 0.102. The van der Waals surface area contributed by atoms with Crippen molar-refractivity contribution in [2.45, 2.75) is 31.6 Å². The molecule has 0 atom stereocenters. The second-order valence-electron chi connectivity index (χ2n) is 7.26. The van der Waals surface area contributed by atoms with Gasteiger partial charge in [0.15, 0.2) is 0 Å². The number of aryl methyl sites for hydroxylation is 1. The summed E-state index contributed by atoms with van der Waals surface area (Å²) in [5.74, 6) is -1.42. The molecule has 3 rings (SSSR count). The third kappa shape index (κ3) is 5.06. The number of carbonyl (C=O) groups excluding carboxylic acids is 1. The molecular formula is C21H23ClFN3O3S. The van der Waals surface area contributed by atoms with Gasteiger partial charge in [-0.1, -0.05) is 29.8 Å². The van der Waals surface area contributed by atoms with E-state index in [2.05, 4.69) is 15.0 Å². The number of sulfonamides is 1. The minimum atomic E-state index is -4.13. The highest BCUT2D eigenvalue weighted by Crippen LogP contribution is 2.30. The maximum atomic E-state index is 14.7. The van der Waals surface area contributed by atoms with Gasteiger partial charge in [0, 0.05) is 17.2 Å². The zero-order chi connectivity index (χ0) is 21.9. The van der Waals surface area contributed by atoms with Gasteiger partial charge in [-0.25, -0.2) is 4.39 Å². The Morgan fingerprint density at radius 3 is 2.53 bits per heavy atom. The number of nitrogens with one attached hydrogen (secondary N) is 2. The average molecular weight is 452 g/mol. The third-order valence-corrected chi connectivity index (χ3v) is 6.79. The first kappa shape index (κ1) is 22.4. The summed E-state index contributed by atoms with van der Waals surface area (Å²) < 4.78 is 43.9. The van der Waals surface area contributed by atoms with Crippen LogP contribution in [0, 0.1) is 18.7 Å². The fraction of sp³-hybridized carbons (Fsp3) is 0.333. The van der Waals surface area contributed by atoms with E-state index in [4.69, 9.17) is 11.6 Å². The highest BCUT2D eigenvalue weighted by molar-refractivity contribution is 7.90. The van der Waals surface area contributed by atoms with Gasteiger partial charge >= 0.3 is 0 Å². The Bertz CT molecular complexity index is 1070. The van der Waals surface area contributed by atoms with Crippen molar-refractivity contribution in [1.82, 2.24) is 5.32 Å². The predicted molar refractivity (Wildman–Crippen MR) is 116 cm³/mol. The van der Waals surface area contributed by atoms with E-state index in [1.807, 2.05) is 0 Å². The molecule has 0 spiro atoms. The molecule has 6 nitrogen and oxygen atoms in total. The molecule has 0 unspecified atom stereocenters. The first-order valence-electron chi connectivity index (χ1n) is 9.57. The Morgan fingerprint density at radius 1 is 1.23 bits per heavy atom. The van der Waals surface area contributed by atoms with Gasteiger partial charge in [0.25, 0.3) is 15.9 Å². The van der Waals surface area contributed by atoms with Crippen LogP contribution in [0.15, 0.2) is 45.7 Å². The lowest BCUT2D eigenvalue weighted by Crippen LogP contribution is -2.31. The molecule has 2 aromatic rings. The fourth-order valence-corrected chi connectivity index (χ4v) is 4.86. The Hall–Kier alpha value is -2.29. The van der Waals surface area contributed by atoms with Crippen molar-refractivity contribution in [1.29, 1.82) is 0 Å². The summed E-state index contributed by atoms with van der Waals surface area (Å²) in [6.45, 7) is 5.02. The molecule has 160 valence electrons. The number of halogens is 2. The average Bonchev–Trinajstić information content (AvgIpc) is 2.71. The van der Waals surface area contributed by atoms with Crippen molar-refractivity contribution in [2.75, 3.05) is 18.4 Å². The van der Waals surface area contributed by atoms with Gasteiger partial charge in [-0.2, -0.15) is 12.8 Å². The molecule has 1 aliphatic heterocycles. The number of rotatable bonds is 5. The van der Waals surface area contributed by atoms with Crippen LogP contribution in [0.5, 0.6) is 0 Å². The summed E-state index contributed by atoms with van der Waals surface area (Å²) in [7, 11) is -4.13. The predicted octanol–water partition coefficient (Wildman–Crippen LogP) is 4.19. The first-order chi connectivity index (χ1) is 14.2. The molecule has 1 saturated heterocycles. The van der Waals surface area contributed by atoms with Gasteiger partial charge in [-0.3, -0.25) is 4.79 Å². The lowest BCUT2D eigenvalue weighted by atomic mass is 9.94. The molecule has 30 heavy (non-hydrogen) atoms. The summed E-state index contributed by atoms with van der Waals surface area (Å²) in [5.41, 5.74) is 1.30. The smallest absolute Gasteiger partial charge is 0.282 e. The van der Waals surface area contributed by atoms with Crippen LogP contribution in [-0.4, -0.2) is 33.1 Å². The minimum Gasteiger partial charge on any atom is -0.318 e. The molecule has 2 aromatic carbocycles. The van der Waals surface area contributed by atoms with Crippen molar-refractivity contribution >= 4 is 38.9 Å². The molecule has 2 N–H and O–H groups in total. The molecule has 9 heteroatoms. The van der Waals surface area contributed by atoms with Crippen LogP contribution in [0.2, 0.25) is 5.02 Å². The van der Waals surface area contributed by atoms with Gasteiger partial charge in [-0.15, -0.1) is 0 Å². The topological polar surface area (TPSA) is 87.6 Å². The lowest BCUT2D eigenvalue weighted by Gasteiger charge is -2.22. The number of anilines is 1. The molecule has 1 aliphatic rings. The maximum absolute atomic E-state index is 14.7. The van der Waals surface area contributed by atoms with E-state index in [-0.39, 0.29) is 21.5 Å². The quantitative estimate of drug-likeness (QED) is 0.667. The summed E-state index contributed by atoms with van der Waals surface area (Å²) >= 11 is 6.12. The molecule has 1 heterocycles. The Labute approximate surface area is 180 Å². The van der Waals surface area contributed by atoms with Crippen LogP contribution < -0.4 is 10.6 Å². The Balaban J connectivity index is 1.86. The zero-order valence-corrected chi connectivity index (χ0v) is 18.3. The molecule has 1 fully saturated rings. The minimum absolute atomic E-state index is 0.0639. The number of piperidine rings is 1. The number of amides is 1. The number of hydrogen-bond acceptors (Lipinski definition) is 4. The molecule has 1 amide bonds. The van der Waals surface area contributed by atoms with Crippen LogP contribution in [-0.2, 0) is 10.0 Å². The van der Waals surface area contributed by atoms with E-state index in [0.29, 0.717) is 16.8 Å². The molecule has 0 aromatic heterocycles. The van der Waals surface area contributed by atoms with Crippen molar-refractivity contribution in [2.24, 2.45) is 10.3 Å². The zero-order valence-electron chi connectivity index (χ0n) is 16.7. The SMILES string of the molecule is C/C(=N/S(=O)(=O)c1cc(F)c(NC(=O)c2ccccc2C)c(Cl)c1)C1CCNCC1. The Morgan fingerprint density at radius 2 is 1.90 bits per heavy atom. The van der Waals surface area contributed by atoms with Gasteiger partial charge in [-0.05, 0) is 63.5 Å². The van der Waals surface area contributed by atoms with Crippen LogP contribution in [0.25, 0.3) is 0 Å². The largest absolute Gasteiger partial charge is 0.318 e. The maximum Gasteiger partial charge on any atom is 0.282 e. The van der Waals surface area contributed by atoms with Gasteiger partial charge in [0.2, 0.25) is 0 Å². The molecule has 0 saturated carbocycles. The highest BCUT2D eigenvalue weighted by Gasteiger charge is 2.23. The van der Waals surface area contributed by atoms with Crippen molar-refractivity contribution in [3.8, 4) is 0 Å². The summed E-state index contributed by atoms with van der Waals surface area (Å²) in [6, 6.07) is 8.77. The van der Waals surface area contributed by atoms with E-state index >= 15 is 0 Å². The van der Waals surface area contributed by atoms with Crippen LogP contribution in [0.1, 0.15) is 35.7 Å². The number of carbonyl (C=O) groups is 1. The van der Waals surface area contributed by atoms with Gasteiger partial charge in [0.1, 0.15) is 5.82 Å². The highest BCUT2D eigenvalue weighted by atomic mass is 35.5. The van der Waals surface area contributed by atoms with Crippen LogP contribution in [0.3, 0.4) is 0 Å². The molecular weight excluding hydrogens is 429 g/mol. The van der Waals surface area contributed by atoms with Crippen molar-refractivity contribution < 1.29 is 17.6 Å². The summed E-state index contributed by atoms with van der Waals surface area (Å²) in [6.07, 6.45) is 1.59. The van der Waals surface area contributed by atoms with E-state index < -0.39 is 21.7 Å². The van der Waals surface area contributed by atoms with Crippen molar-refractivity contribution in [3.63, 3.8) is 0 Å². The Kier molecular flexibility index (Phi) is 6.90. The van der Waals surface area contributed by atoms with Gasteiger partial charge < -0.3 is 10.6 Å². The molecule has 0 bridgehead atoms. The van der Waals surface area contributed by atoms with Crippen LogP contribution in [0.4, 0.5) is 10.1 Å². The van der Waals surface area contributed by atoms with E-state index in [1.165, 1.54) is 0 Å². The van der Waals surface area contributed by atoms with E-state index in [0.717, 1.165) is 38.1 Å². The summed E-state index contributed by atoms with van der Waals surface area (Å²) in [5, 5.41) is 5.42. The first-order valence-corrected chi connectivity index (χ1v) is 11.4. The number of nitrogens with zero attached hydrogens (tertiary/aromatic N) is 1. The molecule has 0 aliphatic carbocycles. The van der Waals surface area contributed by atoms with Crippen LogP contribution >= 0.6 is 11.6 Å². The monoisotopic (exact) mass is 451 g/mol. The number of hydrogen-bond donors (Lipinski definition) is 2. The second-order valence-corrected chi connectivity index (χ2v) is 9.27. The fourth-order valence-electron chi connectivity index (χ4n) is 3.38.